The Bertz CT molecular complexity index is 810. The molecule has 0 fully saturated rings. The molecule has 3 aromatic rings. The van der Waals surface area contributed by atoms with Gasteiger partial charge in [0.1, 0.15) is 6.33 Å². The Kier molecular flexibility index (Phi) is 4.47. The minimum Gasteiger partial charge on any atom is -0.325 e. The Morgan fingerprint density at radius 3 is 2.78 bits per heavy atom. The zero-order valence-electron chi connectivity index (χ0n) is 12.9. The summed E-state index contributed by atoms with van der Waals surface area (Å²) in [6, 6.07) is 9.71. The van der Waals surface area contributed by atoms with E-state index in [1.54, 1.807) is 11.0 Å². The lowest BCUT2D eigenvalue weighted by Gasteiger charge is -2.10. The zero-order chi connectivity index (χ0) is 16.2. The molecule has 0 bridgehead atoms. The number of anilines is 1. The Balaban J connectivity index is 1.64. The van der Waals surface area contributed by atoms with Crippen molar-refractivity contribution in [3.8, 4) is 0 Å². The molecule has 0 radical (unpaired) electrons. The Labute approximate surface area is 138 Å². The van der Waals surface area contributed by atoms with E-state index in [0.29, 0.717) is 5.16 Å². The monoisotopic (exact) mass is 327 g/mol. The summed E-state index contributed by atoms with van der Waals surface area (Å²) < 4.78 is 3.64. The number of carbonyl (C=O) groups excluding carboxylic acids is 1. The van der Waals surface area contributed by atoms with Gasteiger partial charge in [0.25, 0.3) is 0 Å². The van der Waals surface area contributed by atoms with E-state index in [-0.39, 0.29) is 11.7 Å². The smallest absolute Gasteiger partial charge is 0.234 e. The van der Waals surface area contributed by atoms with Gasteiger partial charge in [-0.2, -0.15) is 0 Å². The Morgan fingerprint density at radius 2 is 2.00 bits per heavy atom. The van der Waals surface area contributed by atoms with Crippen molar-refractivity contribution < 1.29 is 4.79 Å². The molecule has 3 rings (SSSR count). The third kappa shape index (κ3) is 3.45. The molecule has 2 heterocycles. The SMILES string of the molecule is Cc1cccc(NC(=O)CSc2nncn2-n2cccc2)c1C. The highest BCUT2D eigenvalue weighted by Crippen LogP contribution is 2.19. The predicted molar refractivity (Wildman–Crippen MR) is 90.5 cm³/mol. The minimum atomic E-state index is -0.0641. The first-order valence-electron chi connectivity index (χ1n) is 7.17. The first kappa shape index (κ1) is 15.4. The molecule has 0 aliphatic carbocycles. The normalized spacial score (nSPS) is 10.7. The lowest BCUT2D eigenvalue weighted by Crippen LogP contribution is -2.16. The molecular weight excluding hydrogens is 310 g/mol. The van der Waals surface area contributed by atoms with Crippen LogP contribution < -0.4 is 5.32 Å². The summed E-state index contributed by atoms with van der Waals surface area (Å²) in [5, 5.41) is 11.6. The fourth-order valence-electron chi connectivity index (χ4n) is 2.14. The van der Waals surface area contributed by atoms with Crippen LogP contribution in [0, 0.1) is 13.8 Å². The maximum atomic E-state index is 12.2. The lowest BCUT2D eigenvalue weighted by atomic mass is 10.1. The van der Waals surface area contributed by atoms with Crippen LogP contribution in [0.5, 0.6) is 0 Å². The van der Waals surface area contributed by atoms with Crippen LogP contribution in [0.4, 0.5) is 5.69 Å². The molecule has 0 saturated heterocycles. The van der Waals surface area contributed by atoms with Gasteiger partial charge in [-0.05, 0) is 43.2 Å². The average molecular weight is 327 g/mol. The fourth-order valence-corrected chi connectivity index (χ4v) is 2.86. The van der Waals surface area contributed by atoms with E-state index in [0.717, 1.165) is 16.8 Å². The van der Waals surface area contributed by atoms with Crippen LogP contribution in [0.25, 0.3) is 0 Å². The molecule has 1 amide bonds. The van der Waals surface area contributed by atoms with Crippen LogP contribution >= 0.6 is 11.8 Å². The molecule has 7 heteroatoms. The first-order valence-corrected chi connectivity index (χ1v) is 8.16. The second kappa shape index (κ2) is 6.70. The van der Waals surface area contributed by atoms with E-state index in [1.807, 2.05) is 61.2 Å². The van der Waals surface area contributed by atoms with Gasteiger partial charge in [0.05, 0.1) is 5.75 Å². The van der Waals surface area contributed by atoms with E-state index in [1.165, 1.54) is 11.8 Å². The molecule has 23 heavy (non-hydrogen) atoms. The molecule has 0 aliphatic rings. The maximum absolute atomic E-state index is 12.2. The van der Waals surface area contributed by atoms with Crippen molar-refractivity contribution in [2.45, 2.75) is 19.0 Å². The van der Waals surface area contributed by atoms with E-state index >= 15 is 0 Å². The minimum absolute atomic E-state index is 0.0641. The van der Waals surface area contributed by atoms with E-state index in [9.17, 15) is 4.79 Å². The van der Waals surface area contributed by atoms with E-state index < -0.39 is 0 Å². The maximum Gasteiger partial charge on any atom is 0.234 e. The van der Waals surface area contributed by atoms with Crippen molar-refractivity contribution in [3.05, 3.63) is 60.2 Å². The van der Waals surface area contributed by atoms with Crippen LogP contribution in [0.1, 0.15) is 11.1 Å². The van der Waals surface area contributed by atoms with Gasteiger partial charge in [-0.1, -0.05) is 23.9 Å². The molecule has 1 aromatic carbocycles. The van der Waals surface area contributed by atoms with Crippen molar-refractivity contribution in [2.75, 3.05) is 11.1 Å². The van der Waals surface area contributed by atoms with Crippen molar-refractivity contribution >= 4 is 23.4 Å². The number of thioether (sulfide) groups is 1. The van der Waals surface area contributed by atoms with E-state index in [2.05, 4.69) is 15.5 Å². The standard InChI is InChI=1S/C16H17N5OS/c1-12-6-5-7-14(13(12)2)18-15(22)10-23-16-19-17-11-21(16)20-8-3-4-9-20/h3-9,11H,10H2,1-2H3,(H,18,22). The highest BCUT2D eigenvalue weighted by atomic mass is 32.2. The lowest BCUT2D eigenvalue weighted by molar-refractivity contribution is -0.113. The van der Waals surface area contributed by atoms with Gasteiger partial charge in [0, 0.05) is 18.1 Å². The summed E-state index contributed by atoms with van der Waals surface area (Å²) >= 11 is 1.35. The quantitative estimate of drug-likeness (QED) is 0.732. The van der Waals surface area contributed by atoms with Crippen LogP contribution in [0.2, 0.25) is 0 Å². The van der Waals surface area contributed by atoms with Crippen molar-refractivity contribution in [3.63, 3.8) is 0 Å². The number of nitrogens with zero attached hydrogens (tertiary/aromatic N) is 4. The first-order chi connectivity index (χ1) is 11.1. The van der Waals surface area contributed by atoms with Crippen LogP contribution in [0.15, 0.2) is 54.2 Å². The zero-order valence-corrected chi connectivity index (χ0v) is 13.7. The van der Waals surface area contributed by atoms with Crippen LogP contribution in [0.3, 0.4) is 0 Å². The summed E-state index contributed by atoms with van der Waals surface area (Å²) in [5.74, 6) is 0.207. The number of nitrogens with one attached hydrogen (secondary N) is 1. The van der Waals surface area contributed by atoms with Gasteiger partial charge in [0.15, 0.2) is 0 Å². The second-order valence-electron chi connectivity index (χ2n) is 5.11. The predicted octanol–water partition coefficient (Wildman–Crippen LogP) is 2.74. The summed E-state index contributed by atoms with van der Waals surface area (Å²) in [7, 11) is 0. The molecule has 0 spiro atoms. The number of benzene rings is 1. The highest BCUT2D eigenvalue weighted by Gasteiger charge is 2.11. The summed E-state index contributed by atoms with van der Waals surface area (Å²) in [6.07, 6.45) is 5.40. The molecule has 2 aromatic heterocycles. The number of carbonyl (C=O) groups is 1. The molecule has 0 saturated carbocycles. The third-order valence-corrected chi connectivity index (χ3v) is 4.48. The number of hydrogen-bond donors (Lipinski definition) is 1. The van der Waals surface area contributed by atoms with Crippen molar-refractivity contribution in [2.24, 2.45) is 0 Å². The van der Waals surface area contributed by atoms with Crippen molar-refractivity contribution in [1.29, 1.82) is 0 Å². The summed E-state index contributed by atoms with van der Waals surface area (Å²) in [4.78, 5) is 12.2. The van der Waals surface area contributed by atoms with Gasteiger partial charge < -0.3 is 5.32 Å². The topological polar surface area (TPSA) is 64.7 Å². The Morgan fingerprint density at radius 1 is 1.22 bits per heavy atom. The van der Waals surface area contributed by atoms with Crippen LogP contribution in [-0.4, -0.2) is 31.2 Å². The van der Waals surface area contributed by atoms with Crippen molar-refractivity contribution in [1.82, 2.24) is 19.5 Å². The molecular formula is C16H17N5OS. The average Bonchev–Trinajstić information content (AvgIpc) is 3.20. The largest absolute Gasteiger partial charge is 0.325 e. The molecule has 0 aliphatic heterocycles. The fraction of sp³-hybridized carbons (Fsp3) is 0.188. The second-order valence-corrected chi connectivity index (χ2v) is 6.05. The van der Waals surface area contributed by atoms with E-state index in [4.69, 9.17) is 0 Å². The number of aromatic nitrogens is 4. The molecule has 6 nitrogen and oxygen atoms in total. The van der Waals surface area contributed by atoms with Gasteiger partial charge in [0.2, 0.25) is 11.1 Å². The third-order valence-electron chi connectivity index (χ3n) is 3.55. The molecule has 0 unspecified atom stereocenters. The molecule has 1 N–H and O–H groups in total. The Hall–Kier alpha value is -2.54. The number of aryl methyl sites for hydroxylation is 1. The van der Waals surface area contributed by atoms with Gasteiger partial charge in [-0.25, -0.2) is 4.68 Å². The van der Waals surface area contributed by atoms with Gasteiger partial charge in [-0.3, -0.25) is 9.47 Å². The van der Waals surface area contributed by atoms with Gasteiger partial charge in [-0.15, -0.1) is 10.2 Å². The van der Waals surface area contributed by atoms with Crippen LogP contribution in [-0.2, 0) is 4.79 Å². The molecule has 0 atom stereocenters. The number of hydrogen-bond acceptors (Lipinski definition) is 4. The highest BCUT2D eigenvalue weighted by molar-refractivity contribution is 7.99. The summed E-state index contributed by atoms with van der Waals surface area (Å²) in [5.41, 5.74) is 3.09. The van der Waals surface area contributed by atoms with Gasteiger partial charge >= 0.3 is 0 Å². The molecule has 118 valence electrons. The number of amides is 1. The number of rotatable bonds is 5. The summed E-state index contributed by atoms with van der Waals surface area (Å²) in [6.45, 7) is 4.03.